The standard InChI is InChI=1S/C15H20N2O3S/c1-11-4-5-13(21-11)15(19)17-8-6-16(7-9-17)14(18)12-3-2-10-20-12/h4-5,12H,2-3,6-10H2,1H3/t12-/m0/s1. The van der Waals surface area contributed by atoms with Gasteiger partial charge in [-0.2, -0.15) is 0 Å². The van der Waals surface area contributed by atoms with Gasteiger partial charge in [-0.1, -0.05) is 0 Å². The lowest BCUT2D eigenvalue weighted by atomic mass is 10.2. The number of aryl methyl sites for hydroxylation is 1. The molecule has 0 bridgehead atoms. The van der Waals surface area contributed by atoms with E-state index in [-0.39, 0.29) is 17.9 Å². The summed E-state index contributed by atoms with van der Waals surface area (Å²) in [6.07, 6.45) is 1.53. The van der Waals surface area contributed by atoms with Gasteiger partial charge in [0.25, 0.3) is 11.8 Å². The molecule has 5 nitrogen and oxygen atoms in total. The Kier molecular flexibility index (Phi) is 4.26. The lowest BCUT2D eigenvalue weighted by Crippen LogP contribution is -2.52. The highest BCUT2D eigenvalue weighted by molar-refractivity contribution is 7.13. The molecule has 1 aromatic rings. The predicted molar refractivity (Wildman–Crippen MR) is 80.5 cm³/mol. The van der Waals surface area contributed by atoms with Gasteiger partial charge in [-0.3, -0.25) is 9.59 Å². The third kappa shape index (κ3) is 3.11. The van der Waals surface area contributed by atoms with Crippen molar-refractivity contribution in [3.05, 3.63) is 21.9 Å². The Morgan fingerprint density at radius 3 is 2.48 bits per heavy atom. The molecule has 0 spiro atoms. The predicted octanol–water partition coefficient (Wildman–Crippen LogP) is 1.52. The lowest BCUT2D eigenvalue weighted by molar-refractivity contribution is -0.142. The minimum absolute atomic E-state index is 0.0808. The molecule has 0 radical (unpaired) electrons. The van der Waals surface area contributed by atoms with Gasteiger partial charge in [-0.25, -0.2) is 0 Å². The normalized spacial score (nSPS) is 22.6. The first-order chi connectivity index (χ1) is 10.1. The highest BCUT2D eigenvalue weighted by Gasteiger charge is 2.31. The summed E-state index contributed by atoms with van der Waals surface area (Å²) >= 11 is 1.53. The number of ether oxygens (including phenoxy) is 1. The molecule has 1 aromatic heterocycles. The maximum atomic E-state index is 12.4. The van der Waals surface area contributed by atoms with Crippen molar-refractivity contribution in [3.63, 3.8) is 0 Å². The second-order valence-electron chi connectivity index (χ2n) is 5.53. The number of piperazine rings is 1. The molecule has 0 aromatic carbocycles. The molecule has 2 aliphatic heterocycles. The fourth-order valence-electron chi connectivity index (χ4n) is 2.81. The minimum atomic E-state index is -0.257. The molecule has 0 aliphatic carbocycles. The van der Waals surface area contributed by atoms with Gasteiger partial charge in [0.1, 0.15) is 6.10 Å². The zero-order valence-electron chi connectivity index (χ0n) is 12.2. The molecule has 21 heavy (non-hydrogen) atoms. The van der Waals surface area contributed by atoms with E-state index in [1.807, 2.05) is 28.9 Å². The molecular weight excluding hydrogens is 288 g/mol. The Labute approximate surface area is 128 Å². The van der Waals surface area contributed by atoms with E-state index in [2.05, 4.69) is 0 Å². The van der Waals surface area contributed by atoms with Gasteiger partial charge in [-0.05, 0) is 31.9 Å². The third-order valence-corrected chi connectivity index (χ3v) is 5.02. The number of rotatable bonds is 2. The molecule has 2 amide bonds. The summed E-state index contributed by atoms with van der Waals surface area (Å²) in [4.78, 5) is 30.2. The van der Waals surface area contributed by atoms with Crippen molar-refractivity contribution in [2.24, 2.45) is 0 Å². The first-order valence-electron chi connectivity index (χ1n) is 7.41. The highest BCUT2D eigenvalue weighted by Crippen LogP contribution is 2.19. The number of nitrogens with zero attached hydrogens (tertiary/aromatic N) is 2. The molecule has 3 rings (SSSR count). The van der Waals surface area contributed by atoms with Crippen LogP contribution in [0, 0.1) is 6.92 Å². The topological polar surface area (TPSA) is 49.9 Å². The van der Waals surface area contributed by atoms with Gasteiger partial charge < -0.3 is 14.5 Å². The largest absolute Gasteiger partial charge is 0.368 e. The van der Waals surface area contributed by atoms with Gasteiger partial charge in [0.2, 0.25) is 0 Å². The number of hydrogen-bond donors (Lipinski definition) is 0. The molecule has 3 heterocycles. The van der Waals surface area contributed by atoms with Crippen LogP contribution in [-0.4, -0.2) is 60.5 Å². The summed E-state index contributed by atoms with van der Waals surface area (Å²) < 4.78 is 5.44. The summed E-state index contributed by atoms with van der Waals surface area (Å²) in [7, 11) is 0. The second-order valence-corrected chi connectivity index (χ2v) is 6.82. The van der Waals surface area contributed by atoms with Gasteiger partial charge in [0, 0.05) is 37.7 Å². The molecule has 2 fully saturated rings. The molecule has 114 valence electrons. The van der Waals surface area contributed by atoms with Gasteiger partial charge in [-0.15, -0.1) is 11.3 Å². The summed E-state index contributed by atoms with van der Waals surface area (Å²) in [6.45, 7) is 5.11. The Morgan fingerprint density at radius 2 is 1.90 bits per heavy atom. The molecule has 0 N–H and O–H groups in total. The van der Waals surface area contributed by atoms with Crippen LogP contribution in [0.4, 0.5) is 0 Å². The van der Waals surface area contributed by atoms with Gasteiger partial charge >= 0.3 is 0 Å². The van der Waals surface area contributed by atoms with Crippen molar-refractivity contribution in [3.8, 4) is 0 Å². The van der Waals surface area contributed by atoms with Crippen LogP contribution in [0.15, 0.2) is 12.1 Å². The molecular formula is C15H20N2O3S. The zero-order chi connectivity index (χ0) is 14.8. The van der Waals surface area contributed by atoms with E-state index in [1.54, 1.807) is 0 Å². The van der Waals surface area contributed by atoms with Crippen LogP contribution in [0.3, 0.4) is 0 Å². The molecule has 2 aliphatic rings. The smallest absolute Gasteiger partial charge is 0.264 e. The van der Waals surface area contributed by atoms with E-state index in [9.17, 15) is 9.59 Å². The monoisotopic (exact) mass is 308 g/mol. The van der Waals surface area contributed by atoms with Crippen LogP contribution in [0.25, 0.3) is 0 Å². The number of thiophene rings is 1. The van der Waals surface area contributed by atoms with E-state index in [4.69, 9.17) is 4.74 Å². The van der Waals surface area contributed by atoms with Crippen molar-refractivity contribution in [1.29, 1.82) is 0 Å². The highest BCUT2D eigenvalue weighted by atomic mass is 32.1. The quantitative estimate of drug-likeness (QED) is 0.832. The maximum Gasteiger partial charge on any atom is 0.264 e. The molecule has 2 saturated heterocycles. The van der Waals surface area contributed by atoms with Crippen molar-refractivity contribution < 1.29 is 14.3 Å². The van der Waals surface area contributed by atoms with Crippen LogP contribution in [0.5, 0.6) is 0 Å². The van der Waals surface area contributed by atoms with Crippen LogP contribution < -0.4 is 0 Å². The van der Waals surface area contributed by atoms with E-state index >= 15 is 0 Å². The SMILES string of the molecule is Cc1ccc(C(=O)N2CCN(C(=O)[C@@H]3CCCO3)CC2)s1. The average Bonchev–Trinajstić information content (AvgIpc) is 3.17. The van der Waals surface area contributed by atoms with E-state index in [1.165, 1.54) is 11.3 Å². The number of carbonyl (C=O) groups excluding carboxylic acids is 2. The summed E-state index contributed by atoms with van der Waals surface area (Å²) in [5.41, 5.74) is 0. The molecule has 6 heteroatoms. The average molecular weight is 308 g/mol. The van der Waals surface area contributed by atoms with Crippen LogP contribution in [-0.2, 0) is 9.53 Å². The Hall–Kier alpha value is -1.40. The lowest BCUT2D eigenvalue weighted by Gasteiger charge is -2.35. The fourth-order valence-corrected chi connectivity index (χ4v) is 3.65. The van der Waals surface area contributed by atoms with Crippen LogP contribution in [0.2, 0.25) is 0 Å². The first-order valence-corrected chi connectivity index (χ1v) is 8.23. The Balaban J connectivity index is 1.55. The molecule has 0 unspecified atom stereocenters. The van der Waals surface area contributed by atoms with Crippen molar-refractivity contribution in [2.75, 3.05) is 32.8 Å². The second kappa shape index (κ2) is 6.15. The fraction of sp³-hybridized carbons (Fsp3) is 0.600. The van der Waals surface area contributed by atoms with E-state index in [0.29, 0.717) is 32.8 Å². The maximum absolute atomic E-state index is 12.4. The number of carbonyl (C=O) groups is 2. The van der Waals surface area contributed by atoms with Gasteiger partial charge in [0.15, 0.2) is 0 Å². The van der Waals surface area contributed by atoms with E-state index < -0.39 is 0 Å². The van der Waals surface area contributed by atoms with E-state index in [0.717, 1.165) is 22.6 Å². The van der Waals surface area contributed by atoms with Crippen molar-refractivity contribution in [2.45, 2.75) is 25.9 Å². The molecule has 0 saturated carbocycles. The Morgan fingerprint density at radius 1 is 1.19 bits per heavy atom. The van der Waals surface area contributed by atoms with Crippen LogP contribution in [0.1, 0.15) is 27.4 Å². The van der Waals surface area contributed by atoms with Crippen LogP contribution >= 0.6 is 11.3 Å². The first kappa shape index (κ1) is 14.5. The zero-order valence-corrected chi connectivity index (χ0v) is 13.0. The third-order valence-electron chi connectivity index (χ3n) is 4.03. The van der Waals surface area contributed by atoms with Crippen molar-refractivity contribution >= 4 is 23.2 Å². The Bertz CT molecular complexity index is 529. The number of hydrogen-bond acceptors (Lipinski definition) is 4. The minimum Gasteiger partial charge on any atom is -0.368 e. The summed E-state index contributed by atoms with van der Waals surface area (Å²) in [6, 6.07) is 3.85. The summed E-state index contributed by atoms with van der Waals surface area (Å²) in [5, 5.41) is 0. The van der Waals surface area contributed by atoms with Crippen molar-refractivity contribution in [1.82, 2.24) is 9.80 Å². The molecule has 1 atom stereocenters. The van der Waals surface area contributed by atoms with Gasteiger partial charge in [0.05, 0.1) is 4.88 Å². The summed E-state index contributed by atoms with van der Waals surface area (Å²) in [5.74, 6) is 0.170. The number of amides is 2.